The molecule has 26 heavy (non-hydrogen) atoms. The van der Waals surface area contributed by atoms with E-state index in [0.29, 0.717) is 0 Å². The average molecular weight is 444 g/mol. The molecule has 2 fully saturated rings. The average Bonchev–Trinajstić information content (AvgIpc) is 3.33. The summed E-state index contributed by atoms with van der Waals surface area (Å²) < 4.78 is 0. The molecule has 2 heteroatoms. The molecular formula is C24H36SiZr. The molecule has 4 aliphatic rings. The van der Waals surface area contributed by atoms with E-state index < -0.39 is 0 Å². The van der Waals surface area contributed by atoms with Crippen molar-refractivity contribution in [1.29, 1.82) is 0 Å². The topological polar surface area (TPSA) is 0 Å². The molecule has 2 saturated carbocycles. The standard InChI is InChI=1S/2C9H11.C4H9Si.C2H5.Zr/c2*1-2-5-9-7-3-6-8(9)4-1;1-4(2)3-5;1-2;/h2*1-2,4,6,9H,3,5,7H2;3H,5H2,1-2H3;1H2,2H3;/q4*-1;+4. The van der Waals surface area contributed by atoms with Crippen LogP contribution in [-0.4, -0.2) is 15.5 Å². The van der Waals surface area contributed by atoms with Crippen molar-refractivity contribution in [3.63, 3.8) is 0 Å². The van der Waals surface area contributed by atoms with Crippen LogP contribution in [0.25, 0.3) is 0 Å². The Kier molecular flexibility index (Phi) is 15.3. The van der Waals surface area contributed by atoms with Crippen LogP contribution in [0.1, 0.15) is 59.3 Å². The zero-order chi connectivity index (χ0) is 18.5. The van der Waals surface area contributed by atoms with E-state index in [1.165, 1.54) is 44.4 Å². The Morgan fingerprint density at radius 2 is 1.35 bits per heavy atom. The Labute approximate surface area is 185 Å². The van der Waals surface area contributed by atoms with Gasteiger partial charge < -0.3 is 12.8 Å². The van der Waals surface area contributed by atoms with Crippen LogP contribution in [0.2, 0.25) is 0 Å². The molecule has 0 aliphatic heterocycles. The van der Waals surface area contributed by atoms with Crippen LogP contribution in [0.15, 0.2) is 47.6 Å². The molecule has 0 bridgehead atoms. The number of allylic oxidation sites excluding steroid dienone is 8. The summed E-state index contributed by atoms with van der Waals surface area (Å²) in [6.45, 7) is 9.18. The summed E-state index contributed by atoms with van der Waals surface area (Å²) in [4.78, 5) is 0. The fraction of sp³-hybridized carbons (Fsp3) is 0.458. The Hall–Kier alpha value is -0.460. The van der Waals surface area contributed by atoms with Crippen molar-refractivity contribution in [2.75, 3.05) is 0 Å². The summed E-state index contributed by atoms with van der Waals surface area (Å²) >= 11 is 0. The van der Waals surface area contributed by atoms with Gasteiger partial charge in [0.15, 0.2) is 0 Å². The molecule has 0 radical (unpaired) electrons. The minimum Gasteiger partial charge on any atom is -0.364 e. The van der Waals surface area contributed by atoms with Gasteiger partial charge in [-0.05, 0) is 24.7 Å². The molecule has 0 aromatic heterocycles. The quantitative estimate of drug-likeness (QED) is 0.352. The first kappa shape index (κ1) is 25.5. The third kappa shape index (κ3) is 9.47. The fourth-order valence-electron chi connectivity index (χ4n) is 3.33. The SMILES string of the molecule is C1=CCC2CC[CH-]C2=C1.C1=CCC2CC[CH-]C2=C1.C[C-](C)C=[SiH2].[CH2-]C.[Zr+4]. The minimum absolute atomic E-state index is 0. The molecule has 4 aliphatic carbocycles. The molecule has 4 rings (SSSR count). The summed E-state index contributed by atoms with van der Waals surface area (Å²) in [6.07, 6.45) is 26.1. The van der Waals surface area contributed by atoms with Crippen LogP contribution in [0.3, 0.4) is 0 Å². The molecule has 140 valence electrons. The summed E-state index contributed by atoms with van der Waals surface area (Å²) in [6, 6.07) is 0. The molecule has 0 aromatic rings. The van der Waals surface area contributed by atoms with Gasteiger partial charge in [0.2, 0.25) is 0 Å². The molecule has 0 nitrogen and oxygen atoms in total. The molecule has 0 spiro atoms. The van der Waals surface area contributed by atoms with E-state index in [4.69, 9.17) is 0 Å². The normalized spacial score (nSPS) is 23.1. The van der Waals surface area contributed by atoms with E-state index in [2.05, 4.69) is 75.7 Å². The zero-order valence-corrected chi connectivity index (χ0v) is 20.9. The van der Waals surface area contributed by atoms with Crippen LogP contribution in [0, 0.1) is 37.5 Å². The van der Waals surface area contributed by atoms with E-state index in [1.807, 2.05) is 9.85 Å². The molecule has 0 saturated heterocycles. The maximum Gasteiger partial charge on any atom is 4.00 e. The van der Waals surface area contributed by atoms with Crippen molar-refractivity contribution < 1.29 is 26.2 Å². The molecular weight excluding hydrogens is 408 g/mol. The Balaban J connectivity index is 0.000000352. The summed E-state index contributed by atoms with van der Waals surface area (Å²) in [5.74, 6) is 3.16. The van der Waals surface area contributed by atoms with E-state index >= 15 is 0 Å². The Morgan fingerprint density at radius 1 is 0.962 bits per heavy atom. The van der Waals surface area contributed by atoms with Crippen LogP contribution >= 0.6 is 0 Å². The van der Waals surface area contributed by atoms with Gasteiger partial charge in [-0.25, -0.2) is 41.8 Å². The minimum atomic E-state index is 0. The van der Waals surface area contributed by atoms with Gasteiger partial charge in [-0.15, -0.1) is 37.1 Å². The third-order valence-electron chi connectivity index (χ3n) is 4.83. The van der Waals surface area contributed by atoms with Crippen molar-refractivity contribution >= 4 is 15.5 Å². The van der Waals surface area contributed by atoms with Gasteiger partial charge in [-0.3, -0.25) is 0 Å². The van der Waals surface area contributed by atoms with Crippen LogP contribution in [0.4, 0.5) is 0 Å². The second-order valence-corrected chi connectivity index (χ2v) is 7.31. The van der Waals surface area contributed by atoms with Crippen molar-refractivity contribution in [2.45, 2.75) is 59.3 Å². The number of rotatable bonds is 1. The van der Waals surface area contributed by atoms with E-state index in [1.54, 1.807) is 18.1 Å². The predicted octanol–water partition coefficient (Wildman–Crippen LogP) is 5.85. The number of fused-ring (bicyclic) bond motifs is 2. The van der Waals surface area contributed by atoms with Crippen LogP contribution < -0.4 is 0 Å². The number of hydrogen-bond donors (Lipinski definition) is 0. The monoisotopic (exact) mass is 442 g/mol. The second kappa shape index (κ2) is 15.6. The van der Waals surface area contributed by atoms with Gasteiger partial charge >= 0.3 is 26.2 Å². The molecule has 0 heterocycles. The van der Waals surface area contributed by atoms with Crippen molar-refractivity contribution in [3.05, 3.63) is 73.3 Å². The summed E-state index contributed by atoms with van der Waals surface area (Å²) in [7, 11) is 1.87. The van der Waals surface area contributed by atoms with Gasteiger partial charge in [-0.1, -0.05) is 22.7 Å². The van der Waals surface area contributed by atoms with Gasteiger partial charge in [0, 0.05) is 0 Å². The van der Waals surface area contributed by atoms with Crippen molar-refractivity contribution in [1.82, 2.24) is 0 Å². The predicted molar refractivity (Wildman–Crippen MR) is 118 cm³/mol. The van der Waals surface area contributed by atoms with Crippen molar-refractivity contribution in [3.8, 4) is 0 Å². The largest absolute Gasteiger partial charge is 4.00 e. The van der Waals surface area contributed by atoms with E-state index in [-0.39, 0.29) is 26.2 Å². The van der Waals surface area contributed by atoms with Gasteiger partial charge in [0.25, 0.3) is 0 Å². The van der Waals surface area contributed by atoms with Gasteiger partial charge in [0.1, 0.15) is 0 Å². The van der Waals surface area contributed by atoms with Gasteiger partial charge in [0.05, 0.1) is 0 Å². The van der Waals surface area contributed by atoms with Crippen LogP contribution in [-0.2, 0) is 26.2 Å². The van der Waals surface area contributed by atoms with Gasteiger partial charge in [-0.2, -0.15) is 20.8 Å². The smallest absolute Gasteiger partial charge is 0.364 e. The summed E-state index contributed by atoms with van der Waals surface area (Å²) in [5.41, 5.74) is 5.27. The first-order valence-electron chi connectivity index (χ1n) is 9.74. The van der Waals surface area contributed by atoms with E-state index in [0.717, 1.165) is 11.8 Å². The zero-order valence-electron chi connectivity index (χ0n) is 17.0. The first-order chi connectivity index (χ1) is 12.2. The molecule has 0 N–H and O–H groups in total. The van der Waals surface area contributed by atoms with Crippen LogP contribution in [0.5, 0.6) is 0 Å². The molecule has 2 atom stereocenters. The van der Waals surface area contributed by atoms with E-state index in [9.17, 15) is 0 Å². The summed E-state index contributed by atoms with van der Waals surface area (Å²) in [5, 5.41) is 0. The molecule has 2 unspecified atom stereocenters. The first-order valence-corrected chi connectivity index (χ1v) is 10.6. The van der Waals surface area contributed by atoms with Crippen molar-refractivity contribution in [2.24, 2.45) is 11.8 Å². The third-order valence-corrected chi connectivity index (χ3v) is 5.65. The Bertz CT molecular complexity index is 456. The molecule has 0 amide bonds. The molecule has 0 aromatic carbocycles. The maximum absolute atomic E-state index is 3.25. The Morgan fingerprint density at radius 3 is 1.65 bits per heavy atom. The fourth-order valence-corrected chi connectivity index (χ4v) is 3.33. The maximum atomic E-state index is 3.25. The second-order valence-electron chi connectivity index (χ2n) is 6.90. The number of hydrogen-bond acceptors (Lipinski definition) is 0.